The van der Waals surface area contributed by atoms with Gasteiger partial charge in [-0.3, -0.25) is 14.2 Å². The maximum absolute atomic E-state index is 13.6. The van der Waals surface area contributed by atoms with E-state index in [9.17, 15) is 9.59 Å². The lowest BCUT2D eigenvalue weighted by Crippen LogP contribution is -2.36. The third-order valence-corrected chi connectivity index (χ3v) is 7.20. The number of fused-ring (bicyclic) bond motifs is 1. The SMILES string of the molecule is CCC(c1nc2ccccc2c(=O)n1-c1ccc(Br)cc1)N(C)C(=O)CCC1CCCC1. The average molecular weight is 496 g/mol. The number of halogens is 1. The Morgan fingerprint density at radius 3 is 2.53 bits per heavy atom. The number of carbonyl (C=O) groups is 1. The number of hydrogen-bond donors (Lipinski definition) is 0. The number of carbonyl (C=O) groups excluding carboxylic acids is 1. The minimum Gasteiger partial charge on any atom is -0.336 e. The summed E-state index contributed by atoms with van der Waals surface area (Å²) in [6, 6.07) is 14.8. The Kier molecular flexibility index (Phi) is 7.09. The van der Waals surface area contributed by atoms with Crippen molar-refractivity contribution in [3.05, 3.63) is 69.2 Å². The maximum atomic E-state index is 13.6. The Hall–Kier alpha value is -2.47. The minimum atomic E-state index is -0.285. The fourth-order valence-electron chi connectivity index (χ4n) is 4.82. The van der Waals surface area contributed by atoms with Gasteiger partial charge in [0, 0.05) is 17.9 Å². The lowest BCUT2D eigenvalue weighted by Gasteiger charge is -2.29. The van der Waals surface area contributed by atoms with Gasteiger partial charge in [0.2, 0.25) is 5.91 Å². The molecule has 6 heteroatoms. The van der Waals surface area contributed by atoms with Gasteiger partial charge < -0.3 is 4.90 Å². The molecular formula is C26H30BrN3O2. The van der Waals surface area contributed by atoms with Crippen LogP contribution < -0.4 is 5.56 Å². The third kappa shape index (κ3) is 4.65. The molecule has 5 nitrogen and oxygen atoms in total. The van der Waals surface area contributed by atoms with E-state index in [-0.39, 0.29) is 17.5 Å². The Labute approximate surface area is 197 Å². The number of para-hydroxylation sites is 1. The summed E-state index contributed by atoms with van der Waals surface area (Å²) in [6.07, 6.45) is 7.22. The molecule has 2 aromatic carbocycles. The van der Waals surface area contributed by atoms with Crippen molar-refractivity contribution in [1.82, 2.24) is 14.5 Å². The monoisotopic (exact) mass is 495 g/mol. The smallest absolute Gasteiger partial charge is 0.266 e. The quantitative estimate of drug-likeness (QED) is 0.402. The van der Waals surface area contributed by atoms with Gasteiger partial charge in [0.15, 0.2) is 0 Å². The van der Waals surface area contributed by atoms with E-state index in [0.717, 1.165) is 16.6 Å². The molecule has 1 aliphatic carbocycles. The highest BCUT2D eigenvalue weighted by atomic mass is 79.9. The number of benzene rings is 2. The van der Waals surface area contributed by atoms with E-state index in [2.05, 4.69) is 15.9 Å². The van der Waals surface area contributed by atoms with Crippen molar-refractivity contribution in [3.8, 4) is 5.69 Å². The Bertz CT molecular complexity index is 1150. The predicted molar refractivity (Wildman–Crippen MR) is 132 cm³/mol. The van der Waals surface area contributed by atoms with Gasteiger partial charge >= 0.3 is 0 Å². The lowest BCUT2D eigenvalue weighted by molar-refractivity contribution is -0.132. The van der Waals surface area contributed by atoms with Gasteiger partial charge in [-0.05, 0) is 55.2 Å². The molecule has 1 saturated carbocycles. The molecule has 0 saturated heterocycles. The fourth-order valence-corrected chi connectivity index (χ4v) is 5.08. The Morgan fingerprint density at radius 2 is 1.84 bits per heavy atom. The first-order valence-electron chi connectivity index (χ1n) is 11.5. The summed E-state index contributed by atoms with van der Waals surface area (Å²) in [5.74, 6) is 1.40. The Morgan fingerprint density at radius 1 is 1.16 bits per heavy atom. The van der Waals surface area contributed by atoms with Gasteiger partial charge in [-0.25, -0.2) is 4.98 Å². The van der Waals surface area contributed by atoms with Crippen LogP contribution in [0.1, 0.15) is 63.7 Å². The zero-order valence-corrected chi connectivity index (χ0v) is 20.3. The molecule has 1 heterocycles. The highest BCUT2D eigenvalue weighted by molar-refractivity contribution is 9.10. The van der Waals surface area contributed by atoms with Crippen LogP contribution >= 0.6 is 15.9 Å². The van der Waals surface area contributed by atoms with E-state index in [1.165, 1.54) is 25.7 Å². The molecule has 1 aromatic heterocycles. The molecule has 168 valence electrons. The van der Waals surface area contributed by atoms with Crippen LogP contribution in [0.4, 0.5) is 0 Å². The zero-order valence-electron chi connectivity index (χ0n) is 18.8. The highest BCUT2D eigenvalue weighted by Gasteiger charge is 2.27. The molecular weight excluding hydrogens is 466 g/mol. The molecule has 3 aromatic rings. The molecule has 0 aliphatic heterocycles. The molecule has 4 rings (SSSR count). The van der Waals surface area contributed by atoms with Crippen molar-refractivity contribution in [2.45, 2.75) is 57.9 Å². The van der Waals surface area contributed by atoms with Gasteiger partial charge in [-0.2, -0.15) is 0 Å². The van der Waals surface area contributed by atoms with Crippen LogP contribution in [0.25, 0.3) is 16.6 Å². The summed E-state index contributed by atoms with van der Waals surface area (Å²) >= 11 is 3.47. The van der Waals surface area contributed by atoms with Gasteiger partial charge in [0.05, 0.1) is 22.6 Å². The Balaban J connectivity index is 1.74. The minimum absolute atomic E-state index is 0.113. The van der Waals surface area contributed by atoms with Crippen molar-refractivity contribution in [2.75, 3.05) is 7.05 Å². The van der Waals surface area contributed by atoms with Crippen LogP contribution in [0.3, 0.4) is 0 Å². The number of nitrogens with zero attached hydrogens (tertiary/aromatic N) is 3. The molecule has 0 bridgehead atoms. The van der Waals surface area contributed by atoms with E-state index < -0.39 is 0 Å². The molecule has 0 spiro atoms. The molecule has 1 unspecified atom stereocenters. The highest BCUT2D eigenvalue weighted by Crippen LogP contribution is 2.30. The summed E-state index contributed by atoms with van der Waals surface area (Å²) in [7, 11) is 1.85. The molecule has 0 N–H and O–H groups in total. The van der Waals surface area contributed by atoms with Crippen molar-refractivity contribution in [2.24, 2.45) is 5.92 Å². The van der Waals surface area contributed by atoms with Crippen molar-refractivity contribution in [3.63, 3.8) is 0 Å². The van der Waals surface area contributed by atoms with Crippen LogP contribution in [0, 0.1) is 5.92 Å². The second kappa shape index (κ2) is 9.99. The van der Waals surface area contributed by atoms with Crippen molar-refractivity contribution >= 4 is 32.7 Å². The van der Waals surface area contributed by atoms with Crippen molar-refractivity contribution in [1.29, 1.82) is 0 Å². The summed E-state index contributed by atoms with van der Waals surface area (Å²) < 4.78 is 2.61. The number of rotatable bonds is 7. The maximum Gasteiger partial charge on any atom is 0.266 e. The summed E-state index contributed by atoms with van der Waals surface area (Å²) in [5, 5.41) is 0.573. The van der Waals surface area contributed by atoms with Crippen LogP contribution in [0.2, 0.25) is 0 Å². The standard InChI is InChI=1S/C26H30BrN3O2/c1-3-23(29(2)24(31)17-12-18-8-4-5-9-18)25-28-22-11-7-6-10-21(22)26(32)30(25)20-15-13-19(27)14-16-20/h6-7,10-11,13-16,18,23H,3-5,8-9,12,17H2,1-2H3. The second-order valence-corrected chi connectivity index (χ2v) is 9.64. The molecule has 1 atom stereocenters. The van der Waals surface area contributed by atoms with Gasteiger partial charge in [0.25, 0.3) is 5.56 Å². The van der Waals surface area contributed by atoms with E-state index in [4.69, 9.17) is 4.98 Å². The summed E-state index contributed by atoms with van der Waals surface area (Å²) in [5.41, 5.74) is 1.29. The van der Waals surface area contributed by atoms with E-state index in [0.29, 0.717) is 35.5 Å². The van der Waals surface area contributed by atoms with Gasteiger partial charge in [-0.15, -0.1) is 0 Å². The topological polar surface area (TPSA) is 55.2 Å². The summed E-state index contributed by atoms with van der Waals surface area (Å²) in [4.78, 5) is 33.4. The van der Waals surface area contributed by atoms with Crippen LogP contribution in [0.15, 0.2) is 57.8 Å². The number of hydrogen-bond acceptors (Lipinski definition) is 3. The van der Waals surface area contributed by atoms with Gasteiger partial charge in [0.1, 0.15) is 5.82 Å². The predicted octanol–water partition coefficient (Wildman–Crippen LogP) is 6.03. The van der Waals surface area contributed by atoms with Gasteiger partial charge in [-0.1, -0.05) is 60.7 Å². The van der Waals surface area contributed by atoms with E-state index in [1.54, 1.807) is 15.5 Å². The first kappa shape index (κ1) is 22.7. The van der Waals surface area contributed by atoms with Crippen LogP contribution in [-0.2, 0) is 4.79 Å². The molecule has 32 heavy (non-hydrogen) atoms. The largest absolute Gasteiger partial charge is 0.336 e. The zero-order chi connectivity index (χ0) is 22.7. The molecule has 1 amide bonds. The number of amides is 1. The summed E-state index contributed by atoms with van der Waals surface area (Å²) in [6.45, 7) is 2.04. The second-order valence-electron chi connectivity index (χ2n) is 8.72. The normalized spacial score (nSPS) is 15.2. The molecule has 0 radical (unpaired) electrons. The lowest BCUT2D eigenvalue weighted by atomic mass is 10.0. The van der Waals surface area contributed by atoms with Crippen LogP contribution in [-0.4, -0.2) is 27.4 Å². The number of aromatic nitrogens is 2. The molecule has 1 fully saturated rings. The van der Waals surface area contributed by atoms with E-state index >= 15 is 0 Å². The fraction of sp³-hybridized carbons (Fsp3) is 0.423. The first-order valence-corrected chi connectivity index (χ1v) is 12.3. The first-order chi connectivity index (χ1) is 15.5. The molecule has 1 aliphatic rings. The third-order valence-electron chi connectivity index (χ3n) is 6.67. The average Bonchev–Trinajstić information content (AvgIpc) is 3.33. The van der Waals surface area contributed by atoms with Crippen LogP contribution in [0.5, 0.6) is 0 Å². The van der Waals surface area contributed by atoms with Crippen molar-refractivity contribution < 1.29 is 4.79 Å². The van der Waals surface area contributed by atoms with E-state index in [1.807, 2.05) is 56.4 Å².